The lowest BCUT2D eigenvalue weighted by Gasteiger charge is -1.86. The quantitative estimate of drug-likeness (QED) is 0.762. The van der Waals surface area contributed by atoms with Gasteiger partial charge in [-0.3, -0.25) is 4.79 Å². The first-order chi connectivity index (χ1) is 6.22. The molecule has 0 spiro atoms. The monoisotopic (exact) mass is 201 g/mol. The van der Waals surface area contributed by atoms with Crippen molar-refractivity contribution in [1.29, 1.82) is 0 Å². The molecule has 5 heteroatoms. The van der Waals surface area contributed by atoms with Crippen molar-refractivity contribution in [3.8, 4) is 0 Å². The second-order valence-electron chi connectivity index (χ2n) is 2.20. The summed E-state index contributed by atoms with van der Waals surface area (Å²) in [7, 11) is 0. The molecule has 0 atom stereocenters. The SMILES string of the molecule is CCNCC.NC(=O)c1cscn1. The molecule has 0 saturated heterocycles. The predicted octanol–water partition coefficient (Wildman–Crippen LogP) is 0.858. The molecule has 0 aliphatic rings. The summed E-state index contributed by atoms with van der Waals surface area (Å²) < 4.78 is 0. The Hall–Kier alpha value is -0.940. The fourth-order valence-corrected chi connectivity index (χ4v) is 1.13. The van der Waals surface area contributed by atoms with E-state index in [9.17, 15) is 4.79 Å². The molecule has 0 fully saturated rings. The van der Waals surface area contributed by atoms with E-state index in [1.165, 1.54) is 11.3 Å². The average Bonchev–Trinajstić information content (AvgIpc) is 2.58. The van der Waals surface area contributed by atoms with Gasteiger partial charge in [0.1, 0.15) is 5.69 Å². The van der Waals surface area contributed by atoms with E-state index in [0.29, 0.717) is 5.69 Å². The Morgan fingerprint density at radius 3 is 2.38 bits per heavy atom. The molecule has 1 heterocycles. The lowest BCUT2D eigenvalue weighted by atomic mass is 10.5. The lowest BCUT2D eigenvalue weighted by molar-refractivity contribution is 0.0996. The summed E-state index contributed by atoms with van der Waals surface area (Å²) in [5.74, 6) is -0.466. The van der Waals surface area contributed by atoms with E-state index in [1.54, 1.807) is 10.9 Å². The van der Waals surface area contributed by atoms with Crippen molar-refractivity contribution in [2.24, 2.45) is 5.73 Å². The molecule has 0 aliphatic heterocycles. The average molecular weight is 201 g/mol. The van der Waals surface area contributed by atoms with Crippen LogP contribution in [0.15, 0.2) is 10.9 Å². The van der Waals surface area contributed by atoms with Gasteiger partial charge in [0, 0.05) is 5.38 Å². The van der Waals surface area contributed by atoms with Crippen molar-refractivity contribution in [1.82, 2.24) is 10.3 Å². The standard InChI is InChI=1S/C4H4N2OS.C4H11N/c5-4(7)3-1-8-2-6-3;1-3-5-4-2/h1-2H,(H2,5,7);5H,3-4H2,1-2H3. The first kappa shape index (κ1) is 12.1. The van der Waals surface area contributed by atoms with Crippen LogP contribution in [0.4, 0.5) is 0 Å². The number of rotatable bonds is 3. The zero-order valence-electron chi connectivity index (χ0n) is 7.91. The maximum Gasteiger partial charge on any atom is 0.268 e. The van der Waals surface area contributed by atoms with Gasteiger partial charge in [-0.25, -0.2) is 4.98 Å². The smallest absolute Gasteiger partial charge is 0.268 e. The lowest BCUT2D eigenvalue weighted by Crippen LogP contribution is -2.10. The Bertz CT molecular complexity index is 221. The van der Waals surface area contributed by atoms with Crippen LogP contribution in [-0.2, 0) is 0 Å². The van der Waals surface area contributed by atoms with E-state index in [-0.39, 0.29) is 0 Å². The Labute approximate surface area is 82.2 Å². The van der Waals surface area contributed by atoms with Crippen molar-refractivity contribution in [2.75, 3.05) is 13.1 Å². The number of nitrogens with two attached hydrogens (primary N) is 1. The third-order valence-corrected chi connectivity index (χ3v) is 1.77. The number of hydrogen-bond donors (Lipinski definition) is 2. The fourth-order valence-electron chi connectivity index (χ4n) is 0.584. The van der Waals surface area contributed by atoms with E-state index in [2.05, 4.69) is 24.1 Å². The second-order valence-corrected chi connectivity index (χ2v) is 2.91. The molecule has 1 aromatic rings. The molecule has 0 saturated carbocycles. The topological polar surface area (TPSA) is 68.0 Å². The van der Waals surface area contributed by atoms with Crippen LogP contribution in [0.1, 0.15) is 24.3 Å². The zero-order valence-corrected chi connectivity index (χ0v) is 8.73. The van der Waals surface area contributed by atoms with Crippen molar-refractivity contribution >= 4 is 17.2 Å². The second kappa shape index (κ2) is 7.70. The van der Waals surface area contributed by atoms with Gasteiger partial charge in [-0.15, -0.1) is 11.3 Å². The van der Waals surface area contributed by atoms with E-state index in [4.69, 9.17) is 5.73 Å². The van der Waals surface area contributed by atoms with E-state index in [0.717, 1.165) is 13.1 Å². The highest BCUT2D eigenvalue weighted by Gasteiger charge is 1.98. The van der Waals surface area contributed by atoms with Gasteiger partial charge in [0.2, 0.25) is 0 Å². The molecule has 0 bridgehead atoms. The van der Waals surface area contributed by atoms with Gasteiger partial charge < -0.3 is 11.1 Å². The predicted molar refractivity (Wildman–Crippen MR) is 54.8 cm³/mol. The molecular formula is C8H15N3OS. The van der Waals surface area contributed by atoms with E-state index in [1.807, 2.05) is 0 Å². The molecule has 0 unspecified atom stereocenters. The third-order valence-electron chi connectivity index (χ3n) is 1.18. The summed E-state index contributed by atoms with van der Waals surface area (Å²) in [6.07, 6.45) is 0. The van der Waals surface area contributed by atoms with Crippen LogP contribution < -0.4 is 11.1 Å². The fraction of sp³-hybridized carbons (Fsp3) is 0.500. The van der Waals surface area contributed by atoms with Crippen molar-refractivity contribution in [2.45, 2.75) is 13.8 Å². The molecule has 1 amide bonds. The van der Waals surface area contributed by atoms with Crippen LogP contribution in [0, 0.1) is 0 Å². The van der Waals surface area contributed by atoms with Crippen LogP contribution in [0.2, 0.25) is 0 Å². The Balaban J connectivity index is 0.000000252. The third kappa shape index (κ3) is 6.24. The largest absolute Gasteiger partial charge is 0.364 e. The summed E-state index contributed by atoms with van der Waals surface area (Å²) in [4.78, 5) is 13.9. The molecule has 13 heavy (non-hydrogen) atoms. The minimum absolute atomic E-state index is 0.343. The molecular weight excluding hydrogens is 186 g/mol. The van der Waals surface area contributed by atoms with Gasteiger partial charge in [0.15, 0.2) is 0 Å². The number of aromatic nitrogens is 1. The van der Waals surface area contributed by atoms with E-state index >= 15 is 0 Å². The van der Waals surface area contributed by atoms with Crippen LogP contribution >= 0.6 is 11.3 Å². The number of carbonyl (C=O) groups excluding carboxylic acids is 1. The summed E-state index contributed by atoms with van der Waals surface area (Å²) in [6.45, 7) is 6.39. The van der Waals surface area contributed by atoms with Crippen LogP contribution in [-0.4, -0.2) is 24.0 Å². The van der Waals surface area contributed by atoms with Crippen LogP contribution in [0.3, 0.4) is 0 Å². The highest BCUT2D eigenvalue weighted by molar-refractivity contribution is 7.07. The Morgan fingerprint density at radius 2 is 2.23 bits per heavy atom. The van der Waals surface area contributed by atoms with Crippen molar-refractivity contribution < 1.29 is 4.79 Å². The maximum absolute atomic E-state index is 10.2. The molecule has 4 nitrogen and oxygen atoms in total. The minimum Gasteiger partial charge on any atom is -0.364 e. The first-order valence-corrected chi connectivity index (χ1v) is 5.05. The van der Waals surface area contributed by atoms with Crippen LogP contribution in [0.5, 0.6) is 0 Å². The molecule has 0 radical (unpaired) electrons. The number of hydrogen-bond acceptors (Lipinski definition) is 4. The highest BCUT2D eigenvalue weighted by atomic mass is 32.1. The normalized spacial score (nSPS) is 8.77. The Morgan fingerprint density at radius 1 is 1.62 bits per heavy atom. The molecule has 1 rings (SSSR count). The summed E-state index contributed by atoms with van der Waals surface area (Å²) in [5.41, 5.74) is 6.78. The van der Waals surface area contributed by atoms with Gasteiger partial charge >= 0.3 is 0 Å². The molecule has 74 valence electrons. The summed E-state index contributed by atoms with van der Waals surface area (Å²) >= 11 is 1.36. The van der Waals surface area contributed by atoms with Gasteiger partial charge in [-0.1, -0.05) is 13.8 Å². The zero-order chi connectivity index (χ0) is 10.1. The number of thiazole rings is 1. The number of nitrogens with zero attached hydrogens (tertiary/aromatic N) is 1. The van der Waals surface area contributed by atoms with Gasteiger partial charge in [-0.05, 0) is 13.1 Å². The van der Waals surface area contributed by atoms with Crippen LogP contribution in [0.25, 0.3) is 0 Å². The number of primary amides is 1. The molecule has 3 N–H and O–H groups in total. The maximum atomic E-state index is 10.2. The van der Waals surface area contributed by atoms with Gasteiger partial charge in [0.05, 0.1) is 5.51 Å². The molecule has 1 aromatic heterocycles. The summed E-state index contributed by atoms with van der Waals surface area (Å²) in [5, 5.41) is 4.72. The molecule has 0 aliphatic carbocycles. The van der Waals surface area contributed by atoms with E-state index < -0.39 is 5.91 Å². The van der Waals surface area contributed by atoms with Gasteiger partial charge in [-0.2, -0.15) is 0 Å². The van der Waals surface area contributed by atoms with Crippen molar-refractivity contribution in [3.05, 3.63) is 16.6 Å². The number of carbonyl (C=O) groups is 1. The van der Waals surface area contributed by atoms with Crippen molar-refractivity contribution in [3.63, 3.8) is 0 Å². The molecule has 0 aromatic carbocycles. The highest BCUT2D eigenvalue weighted by Crippen LogP contribution is 1.97. The first-order valence-electron chi connectivity index (χ1n) is 4.11. The van der Waals surface area contributed by atoms with Gasteiger partial charge in [0.25, 0.3) is 5.91 Å². The minimum atomic E-state index is -0.466. The number of amides is 1. The summed E-state index contributed by atoms with van der Waals surface area (Å²) in [6, 6.07) is 0. The Kier molecular flexibility index (Phi) is 7.14. The number of nitrogens with one attached hydrogen (secondary N) is 1.